The second kappa shape index (κ2) is 6.45. The van der Waals surface area contributed by atoms with E-state index in [2.05, 4.69) is 22.3 Å². The first kappa shape index (κ1) is 14.4. The highest BCUT2D eigenvalue weighted by Gasteiger charge is 2.27. The predicted octanol–water partition coefficient (Wildman–Crippen LogP) is 0.722. The largest absolute Gasteiger partial charge is 0.395 e. The molecule has 0 radical (unpaired) electrons. The zero-order valence-electron chi connectivity index (χ0n) is 12.3. The molecule has 0 aliphatic carbocycles. The summed E-state index contributed by atoms with van der Waals surface area (Å²) in [5.74, 6) is 0.548. The van der Waals surface area contributed by atoms with E-state index in [1.165, 1.54) is 11.3 Å². The number of piperazine rings is 1. The summed E-state index contributed by atoms with van der Waals surface area (Å²) in [6, 6.07) is 8.26. The maximum absolute atomic E-state index is 12.5. The SMILES string of the molecule is O=C(CC1CNc2ccccc21)N1CCN(CCO)CC1. The van der Waals surface area contributed by atoms with Crippen molar-refractivity contribution in [1.29, 1.82) is 0 Å². The number of carbonyl (C=O) groups is 1. The third kappa shape index (κ3) is 3.19. The Kier molecular flexibility index (Phi) is 4.41. The van der Waals surface area contributed by atoms with E-state index in [9.17, 15) is 4.79 Å². The molecule has 2 heterocycles. The van der Waals surface area contributed by atoms with Gasteiger partial charge in [0.1, 0.15) is 0 Å². The van der Waals surface area contributed by atoms with Gasteiger partial charge in [-0.3, -0.25) is 9.69 Å². The first-order chi connectivity index (χ1) is 10.3. The smallest absolute Gasteiger partial charge is 0.223 e. The Bertz CT molecular complexity index is 498. The number of hydrogen-bond acceptors (Lipinski definition) is 4. The Morgan fingerprint density at radius 2 is 2.00 bits per heavy atom. The van der Waals surface area contributed by atoms with Gasteiger partial charge in [0.2, 0.25) is 5.91 Å². The number of carbonyl (C=O) groups excluding carboxylic acids is 1. The maximum Gasteiger partial charge on any atom is 0.223 e. The van der Waals surface area contributed by atoms with E-state index in [4.69, 9.17) is 5.11 Å². The first-order valence-corrected chi connectivity index (χ1v) is 7.71. The molecule has 21 heavy (non-hydrogen) atoms. The van der Waals surface area contributed by atoms with Crippen LogP contribution in [0.15, 0.2) is 24.3 Å². The fraction of sp³-hybridized carbons (Fsp3) is 0.562. The monoisotopic (exact) mass is 289 g/mol. The standard InChI is InChI=1S/C16H23N3O2/c20-10-9-18-5-7-19(8-6-18)16(21)11-13-12-17-15-4-2-1-3-14(13)15/h1-4,13,17,20H,5-12H2. The topological polar surface area (TPSA) is 55.8 Å². The minimum atomic E-state index is 0.193. The number of aliphatic hydroxyl groups excluding tert-OH is 1. The molecule has 1 atom stereocenters. The summed E-state index contributed by atoms with van der Waals surface area (Å²) in [5.41, 5.74) is 2.44. The van der Waals surface area contributed by atoms with Crippen molar-refractivity contribution in [1.82, 2.24) is 9.80 Å². The normalized spacial score (nSPS) is 22.0. The number of hydrogen-bond donors (Lipinski definition) is 2. The molecule has 1 amide bonds. The van der Waals surface area contributed by atoms with Crippen LogP contribution in [0.2, 0.25) is 0 Å². The number of amides is 1. The lowest BCUT2D eigenvalue weighted by atomic mass is 9.97. The van der Waals surface area contributed by atoms with Crippen molar-refractivity contribution in [3.63, 3.8) is 0 Å². The van der Waals surface area contributed by atoms with Crippen LogP contribution in [0.4, 0.5) is 5.69 Å². The number of β-amino-alcohol motifs (C(OH)–C–C–N with tert-alkyl or cyclic N) is 1. The van der Waals surface area contributed by atoms with Gasteiger partial charge in [-0.2, -0.15) is 0 Å². The average molecular weight is 289 g/mol. The second-order valence-corrected chi connectivity index (χ2v) is 5.82. The summed E-state index contributed by atoms with van der Waals surface area (Å²) in [7, 11) is 0. The molecular formula is C16H23N3O2. The third-order valence-corrected chi connectivity index (χ3v) is 4.50. The van der Waals surface area contributed by atoms with Crippen LogP contribution in [-0.2, 0) is 4.79 Å². The molecule has 1 unspecified atom stereocenters. The van der Waals surface area contributed by atoms with Crippen molar-refractivity contribution in [2.45, 2.75) is 12.3 Å². The van der Waals surface area contributed by atoms with Crippen LogP contribution in [-0.4, -0.2) is 66.7 Å². The molecule has 5 nitrogen and oxygen atoms in total. The lowest BCUT2D eigenvalue weighted by Crippen LogP contribution is -2.49. The Morgan fingerprint density at radius 3 is 2.76 bits per heavy atom. The number of aliphatic hydroxyl groups is 1. The molecule has 2 aliphatic rings. The van der Waals surface area contributed by atoms with E-state index in [-0.39, 0.29) is 12.5 Å². The summed E-state index contributed by atoms with van der Waals surface area (Å²) in [6.45, 7) is 5.05. The van der Waals surface area contributed by atoms with Gasteiger partial charge in [0.15, 0.2) is 0 Å². The van der Waals surface area contributed by atoms with Gasteiger partial charge in [-0.1, -0.05) is 18.2 Å². The lowest BCUT2D eigenvalue weighted by Gasteiger charge is -2.34. The predicted molar refractivity (Wildman–Crippen MR) is 82.4 cm³/mol. The number of nitrogens with zero attached hydrogens (tertiary/aromatic N) is 2. The molecule has 1 aromatic rings. The highest BCUT2D eigenvalue weighted by Crippen LogP contribution is 2.33. The Labute approximate surface area is 125 Å². The van der Waals surface area contributed by atoms with E-state index in [0.717, 1.165) is 32.7 Å². The fourth-order valence-electron chi connectivity index (χ4n) is 3.24. The molecule has 0 saturated carbocycles. The van der Waals surface area contributed by atoms with Crippen molar-refractivity contribution in [3.05, 3.63) is 29.8 Å². The molecule has 2 aliphatic heterocycles. The van der Waals surface area contributed by atoms with Crippen molar-refractivity contribution in [2.24, 2.45) is 0 Å². The van der Waals surface area contributed by atoms with E-state index >= 15 is 0 Å². The van der Waals surface area contributed by atoms with Crippen LogP contribution in [0, 0.1) is 0 Å². The Hall–Kier alpha value is -1.59. The van der Waals surface area contributed by atoms with Crippen LogP contribution >= 0.6 is 0 Å². The summed E-state index contributed by atoms with van der Waals surface area (Å²) < 4.78 is 0. The van der Waals surface area contributed by atoms with Gasteiger partial charge >= 0.3 is 0 Å². The van der Waals surface area contributed by atoms with E-state index in [1.807, 2.05) is 17.0 Å². The molecule has 1 aromatic carbocycles. The molecule has 0 aromatic heterocycles. The summed E-state index contributed by atoms with van der Waals surface area (Å²) >= 11 is 0. The second-order valence-electron chi connectivity index (χ2n) is 5.82. The molecule has 0 bridgehead atoms. The Morgan fingerprint density at radius 1 is 1.24 bits per heavy atom. The van der Waals surface area contributed by atoms with Crippen LogP contribution in [0.1, 0.15) is 17.9 Å². The third-order valence-electron chi connectivity index (χ3n) is 4.50. The molecule has 1 fully saturated rings. The fourth-order valence-corrected chi connectivity index (χ4v) is 3.24. The molecule has 3 rings (SSSR count). The summed E-state index contributed by atoms with van der Waals surface area (Å²) in [5, 5.41) is 12.3. The van der Waals surface area contributed by atoms with Crippen LogP contribution in [0.25, 0.3) is 0 Å². The average Bonchev–Trinajstić information content (AvgIpc) is 2.92. The number of nitrogens with one attached hydrogen (secondary N) is 1. The van der Waals surface area contributed by atoms with Gasteiger partial charge in [0.05, 0.1) is 6.61 Å². The summed E-state index contributed by atoms with van der Waals surface area (Å²) in [6.07, 6.45) is 0.587. The lowest BCUT2D eigenvalue weighted by molar-refractivity contribution is -0.133. The zero-order valence-corrected chi connectivity index (χ0v) is 12.3. The Balaban J connectivity index is 1.54. The van der Waals surface area contributed by atoms with Crippen LogP contribution < -0.4 is 5.32 Å². The number of fused-ring (bicyclic) bond motifs is 1. The minimum Gasteiger partial charge on any atom is -0.395 e. The van der Waals surface area contributed by atoms with Crippen molar-refractivity contribution < 1.29 is 9.90 Å². The van der Waals surface area contributed by atoms with Crippen LogP contribution in [0.5, 0.6) is 0 Å². The molecule has 0 spiro atoms. The molecule has 114 valence electrons. The minimum absolute atomic E-state index is 0.193. The first-order valence-electron chi connectivity index (χ1n) is 7.71. The van der Waals surface area contributed by atoms with Crippen molar-refractivity contribution in [2.75, 3.05) is 51.2 Å². The van der Waals surface area contributed by atoms with Gasteiger partial charge in [0.25, 0.3) is 0 Å². The van der Waals surface area contributed by atoms with Crippen molar-refractivity contribution in [3.8, 4) is 0 Å². The van der Waals surface area contributed by atoms with Gasteiger partial charge in [-0.05, 0) is 11.6 Å². The van der Waals surface area contributed by atoms with Gasteiger partial charge in [0, 0.05) is 57.3 Å². The number of anilines is 1. The quantitative estimate of drug-likeness (QED) is 0.858. The van der Waals surface area contributed by atoms with Gasteiger partial charge < -0.3 is 15.3 Å². The molecule has 2 N–H and O–H groups in total. The summed E-state index contributed by atoms with van der Waals surface area (Å²) in [4.78, 5) is 16.6. The highest BCUT2D eigenvalue weighted by atomic mass is 16.3. The zero-order chi connectivity index (χ0) is 14.7. The number of rotatable bonds is 4. The molecule has 1 saturated heterocycles. The number of para-hydroxylation sites is 1. The molecule has 5 heteroatoms. The number of benzene rings is 1. The van der Waals surface area contributed by atoms with Gasteiger partial charge in [-0.15, -0.1) is 0 Å². The van der Waals surface area contributed by atoms with Crippen LogP contribution in [0.3, 0.4) is 0 Å². The van der Waals surface area contributed by atoms with E-state index in [1.54, 1.807) is 0 Å². The molecular weight excluding hydrogens is 266 g/mol. The van der Waals surface area contributed by atoms with E-state index in [0.29, 0.717) is 18.9 Å². The maximum atomic E-state index is 12.5. The van der Waals surface area contributed by atoms with Crippen molar-refractivity contribution >= 4 is 11.6 Å². The van der Waals surface area contributed by atoms with E-state index < -0.39 is 0 Å². The highest BCUT2D eigenvalue weighted by molar-refractivity contribution is 5.78. The van der Waals surface area contributed by atoms with Gasteiger partial charge in [-0.25, -0.2) is 0 Å².